The van der Waals surface area contributed by atoms with E-state index in [1.165, 1.54) is 18.2 Å². The first-order valence-electron chi connectivity index (χ1n) is 8.99. The second-order valence-electron chi connectivity index (χ2n) is 6.71. The van der Waals surface area contributed by atoms with Gasteiger partial charge in [-0.1, -0.05) is 29.8 Å². The van der Waals surface area contributed by atoms with Gasteiger partial charge in [0, 0.05) is 34.8 Å². The fraction of sp³-hybridized carbons (Fsp3) is 0.0952. The number of hydrogen-bond donors (Lipinski definition) is 1. The molecule has 0 aliphatic carbocycles. The molecule has 1 N–H and O–H groups in total. The molecule has 0 radical (unpaired) electrons. The molecule has 0 aliphatic rings. The predicted molar refractivity (Wildman–Crippen MR) is 115 cm³/mol. The largest absolute Gasteiger partial charge is 0.316 e. The maximum Gasteiger partial charge on any atom is 0.294 e. The number of carbonyl (C=O) groups is 1. The van der Waals surface area contributed by atoms with E-state index in [2.05, 4.69) is 15.4 Å². The molecule has 0 atom stereocenters. The Bertz CT molecular complexity index is 1320. The van der Waals surface area contributed by atoms with E-state index in [0.717, 1.165) is 11.3 Å². The number of carbonyl (C=O) groups excluding carboxylic acids is 1. The van der Waals surface area contributed by atoms with Crippen molar-refractivity contribution in [2.75, 3.05) is 5.32 Å². The van der Waals surface area contributed by atoms with Gasteiger partial charge in [0.25, 0.3) is 11.6 Å². The Kier molecular flexibility index (Phi) is 4.93. The number of rotatable bonds is 4. The second kappa shape index (κ2) is 7.57. The van der Waals surface area contributed by atoms with Gasteiger partial charge in [0.05, 0.1) is 27.9 Å². The summed E-state index contributed by atoms with van der Waals surface area (Å²) in [6, 6.07) is 13.0. The maximum absolute atomic E-state index is 13.1. The molecule has 0 saturated heterocycles. The number of benzene rings is 2. The summed E-state index contributed by atoms with van der Waals surface area (Å²) in [4.78, 5) is 28.6. The monoisotopic (exact) mass is 421 g/mol. The van der Waals surface area contributed by atoms with Crippen molar-refractivity contribution in [2.24, 2.45) is 7.05 Å². The zero-order valence-electron chi connectivity index (χ0n) is 16.1. The van der Waals surface area contributed by atoms with Crippen molar-refractivity contribution in [3.8, 4) is 11.3 Å². The predicted octanol–water partition coefficient (Wildman–Crippen LogP) is 4.76. The lowest BCUT2D eigenvalue weighted by Crippen LogP contribution is -2.14. The first-order valence-corrected chi connectivity index (χ1v) is 9.37. The molecule has 2 aromatic carbocycles. The number of anilines is 1. The number of pyridine rings is 1. The van der Waals surface area contributed by atoms with Gasteiger partial charge in [0.15, 0.2) is 0 Å². The number of nitrogens with one attached hydrogen (secondary N) is 1. The summed E-state index contributed by atoms with van der Waals surface area (Å²) >= 11 is 5.86. The van der Waals surface area contributed by atoms with Gasteiger partial charge >= 0.3 is 0 Å². The fourth-order valence-electron chi connectivity index (χ4n) is 3.20. The van der Waals surface area contributed by atoms with Crippen LogP contribution in [-0.2, 0) is 7.05 Å². The third-order valence-corrected chi connectivity index (χ3v) is 5.11. The van der Waals surface area contributed by atoms with Gasteiger partial charge in [-0.3, -0.25) is 19.6 Å². The van der Waals surface area contributed by atoms with Crippen LogP contribution < -0.4 is 5.32 Å². The summed E-state index contributed by atoms with van der Waals surface area (Å²) in [5, 5.41) is 19.1. The molecule has 4 aromatic rings. The lowest BCUT2D eigenvalue weighted by molar-refractivity contribution is -0.383. The van der Waals surface area contributed by atoms with Crippen LogP contribution >= 0.6 is 11.6 Å². The van der Waals surface area contributed by atoms with Crippen molar-refractivity contribution in [2.45, 2.75) is 6.92 Å². The number of aromatic nitrogens is 3. The summed E-state index contributed by atoms with van der Waals surface area (Å²) in [6.45, 7) is 1.91. The topological polar surface area (TPSA) is 103 Å². The van der Waals surface area contributed by atoms with Crippen LogP contribution in [0.4, 0.5) is 11.4 Å². The molecular weight excluding hydrogens is 406 g/mol. The number of nitrogens with zero attached hydrogens (tertiary/aromatic N) is 4. The number of aryl methyl sites for hydroxylation is 1. The molecule has 0 saturated carbocycles. The Morgan fingerprint density at radius 2 is 1.97 bits per heavy atom. The van der Waals surface area contributed by atoms with E-state index in [-0.39, 0.29) is 16.4 Å². The molecular formula is C21H16ClN5O3. The van der Waals surface area contributed by atoms with Crippen LogP contribution in [0.2, 0.25) is 5.02 Å². The number of para-hydroxylation sites is 1. The Labute approximate surface area is 176 Å². The SMILES string of the molecule is Cc1c(-c2cc(C(=O)Nc3ccc(Cl)cc3[N+](=O)[O-])c3ccccc3n2)cnn1C. The number of nitro benzene ring substituents is 1. The molecule has 2 aromatic heterocycles. The Morgan fingerprint density at radius 1 is 1.20 bits per heavy atom. The van der Waals surface area contributed by atoms with E-state index in [4.69, 9.17) is 11.6 Å². The van der Waals surface area contributed by atoms with Crippen molar-refractivity contribution in [1.82, 2.24) is 14.8 Å². The minimum Gasteiger partial charge on any atom is -0.316 e. The van der Waals surface area contributed by atoms with Gasteiger partial charge in [0.2, 0.25) is 0 Å². The first-order chi connectivity index (χ1) is 14.3. The van der Waals surface area contributed by atoms with Crippen molar-refractivity contribution in [3.05, 3.63) is 81.1 Å². The number of amides is 1. The molecule has 2 heterocycles. The summed E-state index contributed by atoms with van der Waals surface area (Å²) in [5.74, 6) is -0.484. The van der Waals surface area contributed by atoms with Crippen molar-refractivity contribution in [1.29, 1.82) is 0 Å². The number of hydrogen-bond acceptors (Lipinski definition) is 5. The maximum atomic E-state index is 13.1. The molecule has 0 unspecified atom stereocenters. The summed E-state index contributed by atoms with van der Waals surface area (Å²) in [6.07, 6.45) is 1.69. The van der Waals surface area contributed by atoms with E-state index < -0.39 is 10.8 Å². The first kappa shape index (κ1) is 19.5. The summed E-state index contributed by atoms with van der Waals surface area (Å²) in [5.41, 5.74) is 3.06. The summed E-state index contributed by atoms with van der Waals surface area (Å²) in [7, 11) is 1.83. The molecule has 0 fully saturated rings. The Balaban J connectivity index is 1.83. The minimum absolute atomic E-state index is 0.0643. The number of halogens is 1. The van der Waals surface area contributed by atoms with E-state index in [0.29, 0.717) is 22.2 Å². The molecule has 8 nitrogen and oxygen atoms in total. The Hall–Kier alpha value is -3.78. The van der Waals surface area contributed by atoms with Crippen LogP contribution in [0, 0.1) is 17.0 Å². The third-order valence-electron chi connectivity index (χ3n) is 4.88. The van der Waals surface area contributed by atoms with Crippen LogP contribution in [0.1, 0.15) is 16.1 Å². The standard InChI is InChI=1S/C21H16ClN5O3/c1-12-16(11-23-26(12)2)19-10-15(14-5-3-4-6-17(14)24-19)21(28)25-18-8-7-13(22)9-20(18)27(29)30/h3-11H,1-2H3,(H,25,28). The van der Waals surface area contributed by atoms with Gasteiger partial charge in [-0.2, -0.15) is 5.10 Å². The fourth-order valence-corrected chi connectivity index (χ4v) is 3.37. The van der Waals surface area contributed by atoms with E-state index in [1.807, 2.05) is 26.1 Å². The van der Waals surface area contributed by atoms with Gasteiger partial charge in [-0.15, -0.1) is 0 Å². The minimum atomic E-state index is -0.587. The number of fused-ring (bicyclic) bond motifs is 1. The highest BCUT2D eigenvalue weighted by atomic mass is 35.5. The second-order valence-corrected chi connectivity index (χ2v) is 7.15. The quantitative estimate of drug-likeness (QED) is 0.378. The molecule has 0 spiro atoms. The zero-order chi connectivity index (χ0) is 21.4. The molecule has 0 bridgehead atoms. The summed E-state index contributed by atoms with van der Waals surface area (Å²) < 4.78 is 1.73. The van der Waals surface area contributed by atoms with E-state index in [9.17, 15) is 14.9 Å². The normalized spacial score (nSPS) is 10.9. The Morgan fingerprint density at radius 3 is 2.67 bits per heavy atom. The van der Waals surface area contributed by atoms with Crippen molar-refractivity contribution < 1.29 is 9.72 Å². The highest BCUT2D eigenvalue weighted by molar-refractivity contribution is 6.31. The highest BCUT2D eigenvalue weighted by Crippen LogP contribution is 2.30. The lowest BCUT2D eigenvalue weighted by atomic mass is 10.0. The smallest absolute Gasteiger partial charge is 0.294 e. The molecule has 150 valence electrons. The third kappa shape index (κ3) is 3.48. The van der Waals surface area contributed by atoms with Crippen LogP contribution in [0.5, 0.6) is 0 Å². The van der Waals surface area contributed by atoms with Crippen LogP contribution in [0.3, 0.4) is 0 Å². The number of nitro groups is 1. The lowest BCUT2D eigenvalue weighted by Gasteiger charge is -2.11. The van der Waals surface area contributed by atoms with Gasteiger partial charge in [0.1, 0.15) is 5.69 Å². The van der Waals surface area contributed by atoms with Crippen molar-refractivity contribution in [3.63, 3.8) is 0 Å². The average Bonchev–Trinajstić information content (AvgIpc) is 3.06. The molecule has 9 heteroatoms. The van der Waals surface area contributed by atoms with Crippen LogP contribution in [-0.4, -0.2) is 25.6 Å². The van der Waals surface area contributed by atoms with Gasteiger partial charge in [-0.25, -0.2) is 4.98 Å². The molecule has 4 rings (SSSR count). The molecule has 0 aliphatic heterocycles. The van der Waals surface area contributed by atoms with Crippen LogP contribution in [0.25, 0.3) is 22.2 Å². The highest BCUT2D eigenvalue weighted by Gasteiger charge is 2.20. The van der Waals surface area contributed by atoms with Gasteiger partial charge in [-0.05, 0) is 31.2 Å². The average molecular weight is 422 g/mol. The van der Waals surface area contributed by atoms with E-state index in [1.54, 1.807) is 29.1 Å². The van der Waals surface area contributed by atoms with Gasteiger partial charge < -0.3 is 5.32 Å². The van der Waals surface area contributed by atoms with Crippen molar-refractivity contribution >= 4 is 39.8 Å². The molecule has 1 amide bonds. The van der Waals surface area contributed by atoms with Crippen LogP contribution in [0.15, 0.2) is 54.7 Å². The van der Waals surface area contributed by atoms with E-state index >= 15 is 0 Å². The molecule has 30 heavy (non-hydrogen) atoms. The zero-order valence-corrected chi connectivity index (χ0v) is 16.8.